The molecule has 0 aliphatic rings. The van der Waals surface area contributed by atoms with Crippen LogP contribution in [-0.4, -0.2) is 59.9 Å². The van der Waals surface area contributed by atoms with Crippen LogP contribution in [0.4, 0.5) is 0 Å². The molecule has 0 heterocycles. The Morgan fingerprint density at radius 1 is 0.632 bits per heavy atom. The van der Waals surface area contributed by atoms with Gasteiger partial charge in [-0.2, -0.15) is 0 Å². The van der Waals surface area contributed by atoms with Crippen molar-refractivity contribution < 1.29 is 19.8 Å². The van der Waals surface area contributed by atoms with E-state index in [0.29, 0.717) is 0 Å². The fourth-order valence-corrected chi connectivity index (χ4v) is 1.61. The van der Waals surface area contributed by atoms with Crippen LogP contribution in [-0.2, 0) is 0 Å². The van der Waals surface area contributed by atoms with Crippen LogP contribution in [0.15, 0.2) is 48.5 Å². The Morgan fingerprint density at radius 3 is 1.11 bits per heavy atom. The molecule has 2 rings (SSSR count). The molecule has 0 saturated carbocycles. The third-order valence-electron chi connectivity index (χ3n) is 2.60. The number of benzene rings is 2. The Bertz CT molecular complexity index is 532. The number of carbonyl (C=O) groups is 2. The molecule has 2 aromatic rings. The summed E-state index contributed by atoms with van der Waals surface area (Å²) in [4.78, 5) is 21.4. The minimum atomic E-state index is -0.970. The first-order valence-electron chi connectivity index (χ1n) is 5.25. The summed E-state index contributed by atoms with van der Waals surface area (Å²) in [6.07, 6.45) is 0. The van der Waals surface area contributed by atoms with E-state index in [1.165, 1.54) is 24.3 Å². The van der Waals surface area contributed by atoms with Gasteiger partial charge in [0, 0.05) is 37.7 Å². The van der Waals surface area contributed by atoms with E-state index >= 15 is 0 Å². The Balaban J connectivity index is 0.00000180. The van der Waals surface area contributed by atoms with Crippen LogP contribution in [0.3, 0.4) is 0 Å². The Hall–Kier alpha value is -1.36. The van der Waals surface area contributed by atoms with Crippen LogP contribution in [0, 0.1) is 0 Å². The maximum Gasteiger partial charge on any atom is 0.335 e. The molecule has 19 heavy (non-hydrogen) atoms. The molecular formula is C14H10CaO4. The summed E-state index contributed by atoms with van der Waals surface area (Å²) >= 11 is 0. The molecule has 0 unspecified atom stereocenters. The van der Waals surface area contributed by atoms with Gasteiger partial charge < -0.3 is 10.2 Å². The Morgan fingerprint density at radius 2 is 0.895 bits per heavy atom. The molecule has 5 heteroatoms. The monoisotopic (exact) mass is 282 g/mol. The Labute approximate surface area is 139 Å². The first kappa shape index (κ1) is 15.7. The molecule has 0 spiro atoms. The molecular weight excluding hydrogens is 272 g/mol. The van der Waals surface area contributed by atoms with Gasteiger partial charge in [0.1, 0.15) is 0 Å². The zero-order valence-electron chi connectivity index (χ0n) is 10.0. The van der Waals surface area contributed by atoms with Gasteiger partial charge in [0.05, 0.1) is 11.1 Å². The zero-order chi connectivity index (χ0) is 13.1. The fourth-order valence-electron chi connectivity index (χ4n) is 1.61. The van der Waals surface area contributed by atoms with Crippen LogP contribution in [0.2, 0.25) is 0 Å². The number of aromatic carboxylic acids is 2. The van der Waals surface area contributed by atoms with Crippen molar-refractivity contribution in [1.29, 1.82) is 0 Å². The predicted octanol–water partition coefficient (Wildman–Crippen LogP) is 2.37. The van der Waals surface area contributed by atoms with Gasteiger partial charge in [0.15, 0.2) is 0 Å². The van der Waals surface area contributed by atoms with Crippen LogP contribution in [0.1, 0.15) is 20.7 Å². The molecule has 0 atom stereocenters. The summed E-state index contributed by atoms with van der Waals surface area (Å²) in [5.41, 5.74) is 2.13. The van der Waals surface area contributed by atoms with Crippen molar-refractivity contribution in [3.63, 3.8) is 0 Å². The summed E-state index contributed by atoms with van der Waals surface area (Å²) in [6.45, 7) is 0. The smallest absolute Gasteiger partial charge is 0.335 e. The van der Waals surface area contributed by atoms with Crippen molar-refractivity contribution >= 4 is 49.7 Å². The van der Waals surface area contributed by atoms with Gasteiger partial charge >= 0.3 is 11.9 Å². The zero-order valence-corrected chi connectivity index (χ0v) is 12.2. The van der Waals surface area contributed by atoms with Crippen molar-refractivity contribution in [3.8, 4) is 11.1 Å². The molecule has 0 bridgehead atoms. The van der Waals surface area contributed by atoms with E-state index in [0.717, 1.165) is 11.1 Å². The molecule has 0 aromatic heterocycles. The first-order valence-corrected chi connectivity index (χ1v) is 5.25. The molecule has 4 nitrogen and oxygen atoms in total. The third-order valence-corrected chi connectivity index (χ3v) is 2.60. The van der Waals surface area contributed by atoms with Crippen LogP contribution in [0.25, 0.3) is 11.1 Å². The molecule has 2 N–H and O–H groups in total. The van der Waals surface area contributed by atoms with E-state index in [1.54, 1.807) is 24.3 Å². The molecule has 2 aromatic carbocycles. The van der Waals surface area contributed by atoms with Gasteiger partial charge in [-0.05, 0) is 35.4 Å². The predicted molar refractivity (Wildman–Crippen MR) is 71.6 cm³/mol. The largest absolute Gasteiger partial charge is 0.478 e. The van der Waals surface area contributed by atoms with Gasteiger partial charge in [0.25, 0.3) is 0 Å². The average molecular weight is 282 g/mol. The summed E-state index contributed by atoms with van der Waals surface area (Å²) in [7, 11) is 0. The van der Waals surface area contributed by atoms with Crippen LogP contribution >= 0.6 is 0 Å². The van der Waals surface area contributed by atoms with Crippen molar-refractivity contribution in [2.45, 2.75) is 0 Å². The summed E-state index contributed by atoms with van der Waals surface area (Å²) in [6, 6.07) is 12.8. The van der Waals surface area contributed by atoms with Gasteiger partial charge in [-0.15, -0.1) is 0 Å². The average Bonchev–Trinajstić information content (AvgIpc) is 2.39. The van der Waals surface area contributed by atoms with Crippen molar-refractivity contribution in [3.05, 3.63) is 59.7 Å². The van der Waals surface area contributed by atoms with Gasteiger partial charge in [-0.3, -0.25) is 0 Å². The topological polar surface area (TPSA) is 74.6 Å². The maximum absolute atomic E-state index is 10.7. The third kappa shape index (κ3) is 3.80. The van der Waals surface area contributed by atoms with Crippen molar-refractivity contribution in [1.82, 2.24) is 0 Å². The first-order chi connectivity index (χ1) is 8.58. The van der Waals surface area contributed by atoms with Gasteiger partial charge in [-0.25, -0.2) is 9.59 Å². The van der Waals surface area contributed by atoms with E-state index in [1.807, 2.05) is 0 Å². The van der Waals surface area contributed by atoms with Gasteiger partial charge in [0.2, 0.25) is 0 Å². The quantitative estimate of drug-likeness (QED) is 0.847. The second-order valence-corrected chi connectivity index (χ2v) is 3.77. The van der Waals surface area contributed by atoms with Crippen molar-refractivity contribution in [2.24, 2.45) is 0 Å². The number of rotatable bonds is 3. The van der Waals surface area contributed by atoms with Crippen LogP contribution in [0.5, 0.6) is 0 Å². The number of carboxylic acids is 2. The number of hydrogen-bond donors (Lipinski definition) is 2. The second-order valence-electron chi connectivity index (χ2n) is 3.77. The van der Waals surface area contributed by atoms with E-state index in [4.69, 9.17) is 10.2 Å². The summed E-state index contributed by atoms with van der Waals surface area (Å²) < 4.78 is 0. The fraction of sp³-hybridized carbons (Fsp3) is 0. The van der Waals surface area contributed by atoms with E-state index in [2.05, 4.69) is 0 Å². The Kier molecular flexibility index (Phi) is 5.54. The van der Waals surface area contributed by atoms with E-state index in [9.17, 15) is 9.59 Å². The normalized spacial score (nSPS) is 9.47. The molecule has 2 radical (unpaired) electrons. The SMILES string of the molecule is O=C(O)c1ccc(-c2ccc(C(=O)O)cc2)cc1.[Ca]. The van der Waals surface area contributed by atoms with E-state index in [-0.39, 0.29) is 48.9 Å². The maximum atomic E-state index is 10.7. The molecule has 0 fully saturated rings. The summed E-state index contributed by atoms with van der Waals surface area (Å²) in [5.74, 6) is -1.94. The minimum absolute atomic E-state index is 0. The molecule has 0 aliphatic carbocycles. The minimum Gasteiger partial charge on any atom is -0.478 e. The van der Waals surface area contributed by atoms with E-state index < -0.39 is 11.9 Å². The molecule has 92 valence electrons. The standard InChI is InChI=1S/C14H10O4.Ca/c15-13(16)11-5-1-9(2-6-11)10-3-7-12(8-4-10)14(17)18;/h1-8H,(H,15,16)(H,17,18);. The molecule has 0 aliphatic heterocycles. The van der Waals surface area contributed by atoms with Crippen molar-refractivity contribution in [2.75, 3.05) is 0 Å². The summed E-state index contributed by atoms with van der Waals surface area (Å²) in [5, 5.41) is 17.6. The van der Waals surface area contributed by atoms with Crippen LogP contribution < -0.4 is 0 Å². The molecule has 0 saturated heterocycles. The molecule has 0 amide bonds. The second kappa shape index (κ2) is 6.70. The number of carboxylic acid groups (broad SMARTS) is 2. The van der Waals surface area contributed by atoms with Gasteiger partial charge in [-0.1, -0.05) is 24.3 Å². The number of hydrogen-bond acceptors (Lipinski definition) is 2.